The van der Waals surface area contributed by atoms with Gasteiger partial charge >= 0.3 is 29.8 Å². The number of hydrogen-bond acceptors (Lipinski definition) is 13. The summed E-state index contributed by atoms with van der Waals surface area (Å²) >= 11 is 0. The van der Waals surface area contributed by atoms with Crippen LogP contribution < -0.4 is 0 Å². The van der Waals surface area contributed by atoms with Crippen LogP contribution in [-0.2, 0) is 47.7 Å². The van der Waals surface area contributed by atoms with Crippen molar-refractivity contribution in [2.45, 2.75) is 266 Å². The average molecular weight is 962 g/mol. The topological polar surface area (TPSA) is 141 Å². The predicted octanol–water partition coefficient (Wildman–Crippen LogP) is 10.6. The molecule has 0 N–H and O–H groups in total. The van der Waals surface area contributed by atoms with Crippen molar-refractivity contribution in [1.29, 1.82) is 0 Å². The lowest BCUT2D eigenvalue weighted by Crippen LogP contribution is -2.55. The molecule has 3 aliphatic rings. The van der Waals surface area contributed by atoms with Crippen molar-refractivity contribution >= 4 is 29.8 Å². The summed E-state index contributed by atoms with van der Waals surface area (Å²) < 4.78 is 30.4. The molecule has 13 nitrogen and oxygen atoms in total. The Balaban J connectivity index is 2.21. The summed E-state index contributed by atoms with van der Waals surface area (Å²) in [6.45, 7) is 28.6. The van der Waals surface area contributed by atoms with E-state index in [1.54, 1.807) is 0 Å². The number of carbonyl (C=O) groups excluding carboxylic acids is 5. The van der Waals surface area contributed by atoms with E-state index in [1.165, 1.54) is 0 Å². The van der Waals surface area contributed by atoms with Crippen LogP contribution in [0, 0.1) is 17.8 Å². The highest BCUT2D eigenvalue weighted by molar-refractivity contribution is 5.79. The fraction of sp³-hybridized carbons (Fsp3) is 0.909. The molecule has 0 saturated heterocycles. The minimum atomic E-state index is -0.761. The Morgan fingerprint density at radius 3 is 0.809 bits per heavy atom. The molecule has 0 heterocycles. The summed E-state index contributed by atoms with van der Waals surface area (Å²) in [5.74, 6) is -1.12. The van der Waals surface area contributed by atoms with Gasteiger partial charge in [0, 0.05) is 26.2 Å². The first kappa shape index (κ1) is 59.5. The standard InChI is InChI=1S/C55H99N3O10/c1-51(2,3)64-46(59)38-57(44(49(62)67-54(10,11)12)36-41-27-21-17-22-28-41)33-31-56(43(48(61)66-53(7,8)9)35-40-25-19-16-20-26-40)32-34-58(39-47(60)65-52(4,5)6)45(50(63)68-55(13,14)15)37-42-29-23-18-24-30-42/h40-45H,16-39H2,1-15H3/t43-,44-,45-/m0/s1. The quantitative estimate of drug-likeness (QED) is 0.0751. The molecule has 0 aromatic heterocycles. The summed E-state index contributed by atoms with van der Waals surface area (Å²) in [5, 5.41) is 0. The van der Waals surface area contributed by atoms with Gasteiger partial charge in [0.25, 0.3) is 0 Å². The number of nitrogens with zero attached hydrogens (tertiary/aromatic N) is 3. The van der Waals surface area contributed by atoms with Crippen molar-refractivity contribution in [3.8, 4) is 0 Å². The van der Waals surface area contributed by atoms with Gasteiger partial charge in [0.05, 0.1) is 13.1 Å². The number of hydrogen-bond donors (Lipinski definition) is 0. The van der Waals surface area contributed by atoms with Crippen LogP contribution in [-0.4, -0.2) is 130 Å². The Morgan fingerprint density at radius 1 is 0.353 bits per heavy atom. The summed E-state index contributed by atoms with van der Waals surface area (Å²) in [6, 6.07) is -2.15. The van der Waals surface area contributed by atoms with Gasteiger partial charge in [-0.15, -0.1) is 0 Å². The van der Waals surface area contributed by atoms with Crippen LogP contribution in [0.2, 0.25) is 0 Å². The Labute approximate surface area is 413 Å². The first-order valence-electron chi connectivity index (χ1n) is 26.7. The highest BCUT2D eigenvalue weighted by atomic mass is 16.6. The van der Waals surface area contributed by atoms with Crippen molar-refractivity contribution < 1.29 is 47.7 Å². The highest BCUT2D eigenvalue weighted by Gasteiger charge is 2.40. The van der Waals surface area contributed by atoms with E-state index in [2.05, 4.69) is 4.90 Å². The van der Waals surface area contributed by atoms with Crippen molar-refractivity contribution in [3.63, 3.8) is 0 Å². The summed E-state index contributed by atoms with van der Waals surface area (Å²) in [5.41, 5.74) is -3.77. The van der Waals surface area contributed by atoms with Crippen molar-refractivity contribution in [3.05, 3.63) is 0 Å². The van der Waals surface area contributed by atoms with Gasteiger partial charge in [0.2, 0.25) is 0 Å². The maximum atomic E-state index is 14.8. The van der Waals surface area contributed by atoms with E-state index < -0.39 is 58.1 Å². The second-order valence-corrected chi connectivity index (χ2v) is 25.5. The van der Waals surface area contributed by atoms with Crippen LogP contribution in [0.25, 0.3) is 0 Å². The molecule has 0 spiro atoms. The zero-order chi connectivity index (χ0) is 51.1. The molecule has 0 bridgehead atoms. The van der Waals surface area contributed by atoms with Crippen LogP contribution in [0.5, 0.6) is 0 Å². The molecule has 68 heavy (non-hydrogen) atoms. The Morgan fingerprint density at radius 2 is 0.574 bits per heavy atom. The van der Waals surface area contributed by atoms with E-state index in [0.29, 0.717) is 25.2 Å². The molecule has 0 radical (unpaired) electrons. The van der Waals surface area contributed by atoms with Gasteiger partial charge < -0.3 is 23.7 Å². The van der Waals surface area contributed by atoms with E-state index in [9.17, 15) is 24.0 Å². The molecule has 3 rings (SSSR count). The Bertz CT molecular complexity index is 1470. The molecular weight excluding hydrogens is 863 g/mol. The molecule has 3 atom stereocenters. The van der Waals surface area contributed by atoms with Gasteiger partial charge in [-0.25, -0.2) is 0 Å². The molecule has 3 aliphatic carbocycles. The van der Waals surface area contributed by atoms with E-state index >= 15 is 0 Å². The van der Waals surface area contributed by atoms with E-state index in [1.807, 2.05) is 114 Å². The van der Waals surface area contributed by atoms with Gasteiger partial charge in [-0.3, -0.25) is 38.7 Å². The van der Waals surface area contributed by atoms with Crippen LogP contribution in [0.3, 0.4) is 0 Å². The fourth-order valence-corrected chi connectivity index (χ4v) is 10.2. The van der Waals surface area contributed by atoms with Crippen molar-refractivity contribution in [2.24, 2.45) is 17.8 Å². The summed E-state index contributed by atoms with van der Waals surface area (Å²) in [6.07, 6.45) is 17.7. The van der Waals surface area contributed by atoms with E-state index in [4.69, 9.17) is 23.7 Å². The largest absolute Gasteiger partial charge is 0.459 e. The predicted molar refractivity (Wildman–Crippen MR) is 269 cm³/mol. The van der Waals surface area contributed by atoms with Gasteiger partial charge in [0.1, 0.15) is 46.1 Å². The zero-order valence-corrected chi connectivity index (χ0v) is 45.9. The molecule has 0 aromatic rings. The normalized spacial score (nSPS) is 19.1. The number of rotatable bonds is 22. The van der Waals surface area contributed by atoms with Gasteiger partial charge in [-0.1, -0.05) is 96.3 Å². The first-order chi connectivity index (χ1) is 31.4. The summed E-state index contributed by atoms with van der Waals surface area (Å²) in [7, 11) is 0. The molecule has 3 saturated carbocycles. The fourth-order valence-electron chi connectivity index (χ4n) is 10.2. The molecule has 13 heteroatoms. The highest BCUT2D eigenvalue weighted by Crippen LogP contribution is 2.33. The van der Waals surface area contributed by atoms with Crippen molar-refractivity contribution in [2.75, 3.05) is 39.3 Å². The minimum Gasteiger partial charge on any atom is -0.459 e. The number of carbonyl (C=O) groups is 5. The van der Waals surface area contributed by atoms with Crippen molar-refractivity contribution in [1.82, 2.24) is 14.7 Å². The lowest BCUT2D eigenvalue weighted by Gasteiger charge is -2.40. The lowest BCUT2D eigenvalue weighted by molar-refractivity contribution is -0.168. The maximum Gasteiger partial charge on any atom is 0.323 e. The monoisotopic (exact) mass is 962 g/mol. The molecule has 394 valence electrons. The van der Waals surface area contributed by atoms with E-state index in [-0.39, 0.29) is 69.0 Å². The Kier molecular flexibility index (Phi) is 23.3. The smallest absolute Gasteiger partial charge is 0.323 e. The van der Waals surface area contributed by atoms with Crippen LogP contribution in [0.1, 0.15) is 219 Å². The summed E-state index contributed by atoms with van der Waals surface area (Å²) in [4.78, 5) is 77.5. The molecular formula is C55H99N3O10. The second kappa shape index (κ2) is 26.6. The van der Waals surface area contributed by atoms with Gasteiger partial charge in [0.15, 0.2) is 0 Å². The molecule has 0 aliphatic heterocycles. The zero-order valence-electron chi connectivity index (χ0n) is 45.9. The first-order valence-corrected chi connectivity index (χ1v) is 26.7. The number of ether oxygens (including phenoxy) is 5. The van der Waals surface area contributed by atoms with Crippen LogP contribution >= 0.6 is 0 Å². The Hall–Kier alpha value is -2.77. The van der Waals surface area contributed by atoms with Crippen LogP contribution in [0.15, 0.2) is 0 Å². The minimum absolute atomic E-state index is 0.144. The third kappa shape index (κ3) is 24.4. The SMILES string of the molecule is CC(C)(C)OC(=O)CN(CCN(CCN(CC(=O)OC(C)(C)C)[C@@H](CC1CCCCC1)C(=O)OC(C)(C)C)[C@@H](CC1CCCCC1)C(=O)OC(C)(C)C)[C@@H](CC1CCCCC1)C(=O)OC(C)(C)C. The molecule has 0 amide bonds. The van der Waals surface area contributed by atoms with Crippen LogP contribution in [0.4, 0.5) is 0 Å². The van der Waals surface area contributed by atoms with Gasteiger partial charge in [-0.05, 0) is 141 Å². The molecule has 3 fully saturated rings. The average Bonchev–Trinajstić information content (AvgIpc) is 3.18. The third-order valence-electron chi connectivity index (χ3n) is 13.1. The number of esters is 5. The second-order valence-electron chi connectivity index (χ2n) is 25.5. The molecule has 0 aromatic carbocycles. The van der Waals surface area contributed by atoms with E-state index in [0.717, 1.165) is 96.3 Å². The maximum absolute atomic E-state index is 14.8. The van der Waals surface area contributed by atoms with Gasteiger partial charge in [-0.2, -0.15) is 0 Å². The molecule has 0 unspecified atom stereocenters. The third-order valence-corrected chi connectivity index (χ3v) is 13.1. The lowest BCUT2D eigenvalue weighted by atomic mass is 9.84.